The summed E-state index contributed by atoms with van der Waals surface area (Å²) in [6, 6.07) is 6.63. The molecular formula is C17H26N2O2. The summed E-state index contributed by atoms with van der Waals surface area (Å²) < 4.78 is 11.0. The van der Waals surface area contributed by atoms with Crippen molar-refractivity contribution < 1.29 is 9.47 Å². The van der Waals surface area contributed by atoms with E-state index in [1.165, 1.54) is 24.1 Å². The van der Waals surface area contributed by atoms with E-state index in [9.17, 15) is 0 Å². The number of ether oxygens (including phenoxy) is 2. The zero-order chi connectivity index (χ0) is 14.5. The Balaban J connectivity index is 1.75. The van der Waals surface area contributed by atoms with Gasteiger partial charge in [-0.25, -0.2) is 0 Å². The summed E-state index contributed by atoms with van der Waals surface area (Å²) in [4.78, 5) is 2.41. The minimum Gasteiger partial charge on any atom is -0.496 e. The van der Waals surface area contributed by atoms with Crippen molar-refractivity contribution >= 4 is 5.69 Å². The Bertz CT molecular complexity index is 452. The molecule has 0 unspecified atom stereocenters. The normalized spacial score (nSPS) is 20.5. The molecule has 0 atom stereocenters. The predicted octanol–water partition coefficient (Wildman–Crippen LogP) is 2.07. The first-order chi connectivity index (χ1) is 10.4. The molecule has 4 heteroatoms. The maximum atomic E-state index is 5.57. The number of hydrogen-bond acceptors (Lipinski definition) is 4. The van der Waals surface area contributed by atoms with Crippen LogP contribution in [0.5, 0.6) is 5.75 Å². The van der Waals surface area contributed by atoms with E-state index in [0.717, 1.165) is 57.5 Å². The summed E-state index contributed by atoms with van der Waals surface area (Å²) in [6.45, 7) is 5.93. The number of nitrogens with zero attached hydrogens (tertiary/aromatic N) is 1. The van der Waals surface area contributed by atoms with Crippen LogP contribution in [-0.2, 0) is 11.2 Å². The summed E-state index contributed by atoms with van der Waals surface area (Å²) in [6.07, 6.45) is 3.67. The number of hydrogen-bond donors (Lipinski definition) is 1. The molecule has 2 fully saturated rings. The van der Waals surface area contributed by atoms with E-state index in [1.807, 2.05) is 0 Å². The third-order valence-electron chi connectivity index (χ3n) is 4.61. The highest BCUT2D eigenvalue weighted by molar-refractivity contribution is 5.53. The van der Waals surface area contributed by atoms with E-state index in [1.54, 1.807) is 7.11 Å². The van der Waals surface area contributed by atoms with Gasteiger partial charge in [-0.05, 0) is 62.0 Å². The van der Waals surface area contributed by atoms with E-state index in [4.69, 9.17) is 9.47 Å². The van der Waals surface area contributed by atoms with Crippen LogP contribution in [0.15, 0.2) is 18.2 Å². The lowest BCUT2D eigenvalue weighted by Gasteiger charge is -2.30. The van der Waals surface area contributed by atoms with E-state index in [2.05, 4.69) is 28.4 Å². The van der Waals surface area contributed by atoms with Gasteiger partial charge in [0.25, 0.3) is 0 Å². The average molecular weight is 290 g/mol. The third-order valence-corrected chi connectivity index (χ3v) is 4.61. The third kappa shape index (κ3) is 3.69. The number of nitrogens with one attached hydrogen (secondary N) is 1. The highest BCUT2D eigenvalue weighted by atomic mass is 16.5. The van der Waals surface area contributed by atoms with Crippen LogP contribution in [0.2, 0.25) is 0 Å². The Hall–Kier alpha value is -1.26. The number of morpholine rings is 1. The minimum absolute atomic E-state index is 0.778. The average Bonchev–Trinajstić information content (AvgIpc) is 2.56. The number of rotatable bonds is 4. The van der Waals surface area contributed by atoms with Crippen molar-refractivity contribution in [2.45, 2.75) is 19.3 Å². The first-order valence-electron chi connectivity index (χ1n) is 8.07. The Morgan fingerprint density at radius 3 is 2.71 bits per heavy atom. The minimum atomic E-state index is 0.778. The largest absolute Gasteiger partial charge is 0.496 e. The van der Waals surface area contributed by atoms with Crippen molar-refractivity contribution in [2.75, 3.05) is 51.4 Å². The van der Waals surface area contributed by atoms with E-state index < -0.39 is 0 Å². The van der Waals surface area contributed by atoms with Crippen LogP contribution in [-0.4, -0.2) is 46.5 Å². The molecule has 1 N–H and O–H groups in total. The second-order valence-electron chi connectivity index (χ2n) is 5.99. The van der Waals surface area contributed by atoms with Crippen molar-refractivity contribution in [3.8, 4) is 5.75 Å². The van der Waals surface area contributed by atoms with Crippen molar-refractivity contribution in [2.24, 2.45) is 5.92 Å². The monoisotopic (exact) mass is 290 g/mol. The highest BCUT2D eigenvalue weighted by Gasteiger charge is 2.18. The molecule has 2 heterocycles. The van der Waals surface area contributed by atoms with Crippen LogP contribution < -0.4 is 15.0 Å². The van der Waals surface area contributed by atoms with Crippen LogP contribution in [0.1, 0.15) is 18.4 Å². The fourth-order valence-electron chi connectivity index (χ4n) is 3.34. The molecule has 21 heavy (non-hydrogen) atoms. The van der Waals surface area contributed by atoms with Gasteiger partial charge in [0.1, 0.15) is 5.75 Å². The summed E-state index contributed by atoms with van der Waals surface area (Å²) in [5.74, 6) is 1.81. The molecule has 3 rings (SSSR count). The van der Waals surface area contributed by atoms with Crippen LogP contribution >= 0.6 is 0 Å². The molecule has 116 valence electrons. The quantitative estimate of drug-likeness (QED) is 0.920. The first kappa shape index (κ1) is 14.7. The van der Waals surface area contributed by atoms with Gasteiger partial charge in [-0.1, -0.05) is 0 Å². The molecule has 2 aliphatic heterocycles. The Labute approximate surface area is 127 Å². The number of piperidine rings is 1. The van der Waals surface area contributed by atoms with Crippen LogP contribution in [0, 0.1) is 5.92 Å². The molecule has 1 aromatic carbocycles. The maximum absolute atomic E-state index is 5.57. The van der Waals surface area contributed by atoms with Gasteiger partial charge in [-0.15, -0.1) is 0 Å². The lowest BCUT2D eigenvalue weighted by Crippen LogP contribution is -2.36. The molecule has 1 aromatic rings. The molecule has 2 aliphatic rings. The molecule has 4 nitrogen and oxygen atoms in total. The highest BCUT2D eigenvalue weighted by Crippen LogP contribution is 2.29. The predicted molar refractivity (Wildman–Crippen MR) is 85.3 cm³/mol. The Morgan fingerprint density at radius 2 is 2.00 bits per heavy atom. The first-order valence-corrected chi connectivity index (χ1v) is 8.07. The zero-order valence-electron chi connectivity index (χ0n) is 12.9. The fraction of sp³-hybridized carbons (Fsp3) is 0.647. The van der Waals surface area contributed by atoms with Gasteiger partial charge in [0.2, 0.25) is 0 Å². The van der Waals surface area contributed by atoms with Crippen LogP contribution in [0.25, 0.3) is 0 Å². The van der Waals surface area contributed by atoms with Gasteiger partial charge in [0.15, 0.2) is 0 Å². The zero-order valence-corrected chi connectivity index (χ0v) is 12.9. The molecule has 2 saturated heterocycles. The van der Waals surface area contributed by atoms with Gasteiger partial charge in [-0.2, -0.15) is 0 Å². The molecule has 0 aliphatic carbocycles. The summed E-state index contributed by atoms with van der Waals surface area (Å²) in [5, 5.41) is 3.44. The molecule has 0 bridgehead atoms. The molecule has 0 radical (unpaired) electrons. The van der Waals surface area contributed by atoms with E-state index in [0.29, 0.717) is 0 Å². The smallest absolute Gasteiger partial charge is 0.122 e. The molecule has 0 aromatic heterocycles. The number of anilines is 1. The molecule has 0 spiro atoms. The van der Waals surface area contributed by atoms with Gasteiger partial charge >= 0.3 is 0 Å². The van der Waals surface area contributed by atoms with Crippen molar-refractivity contribution in [3.05, 3.63) is 23.8 Å². The second-order valence-corrected chi connectivity index (χ2v) is 5.99. The van der Waals surface area contributed by atoms with Gasteiger partial charge in [0, 0.05) is 18.8 Å². The number of benzene rings is 1. The van der Waals surface area contributed by atoms with Crippen molar-refractivity contribution in [3.63, 3.8) is 0 Å². The standard InChI is InChI=1S/C17H26N2O2/c1-20-17-3-2-16(19-8-10-21-11-9-19)13-15(17)12-14-4-6-18-7-5-14/h2-3,13-14,18H,4-12H2,1H3. The second kappa shape index (κ2) is 7.14. The molecule has 0 saturated carbocycles. The fourth-order valence-corrected chi connectivity index (χ4v) is 3.34. The van der Waals surface area contributed by atoms with Gasteiger partial charge < -0.3 is 19.7 Å². The topological polar surface area (TPSA) is 33.7 Å². The molecule has 0 amide bonds. The summed E-state index contributed by atoms with van der Waals surface area (Å²) in [5.41, 5.74) is 2.66. The summed E-state index contributed by atoms with van der Waals surface area (Å²) >= 11 is 0. The summed E-state index contributed by atoms with van der Waals surface area (Å²) in [7, 11) is 1.77. The lowest BCUT2D eigenvalue weighted by atomic mass is 9.90. The van der Waals surface area contributed by atoms with Gasteiger partial charge in [-0.3, -0.25) is 0 Å². The Kier molecular flexibility index (Phi) is 4.99. The lowest BCUT2D eigenvalue weighted by molar-refractivity contribution is 0.122. The van der Waals surface area contributed by atoms with Crippen molar-refractivity contribution in [1.82, 2.24) is 5.32 Å². The maximum Gasteiger partial charge on any atom is 0.122 e. The SMILES string of the molecule is COc1ccc(N2CCOCC2)cc1CC1CCNCC1. The molecular weight excluding hydrogens is 264 g/mol. The van der Waals surface area contributed by atoms with Gasteiger partial charge in [0.05, 0.1) is 20.3 Å². The van der Waals surface area contributed by atoms with Crippen LogP contribution in [0.4, 0.5) is 5.69 Å². The Morgan fingerprint density at radius 1 is 1.24 bits per heavy atom. The van der Waals surface area contributed by atoms with E-state index >= 15 is 0 Å². The van der Waals surface area contributed by atoms with Crippen molar-refractivity contribution in [1.29, 1.82) is 0 Å². The van der Waals surface area contributed by atoms with E-state index in [-0.39, 0.29) is 0 Å². The number of methoxy groups -OCH3 is 1. The van der Waals surface area contributed by atoms with Crippen LogP contribution in [0.3, 0.4) is 0 Å².